The minimum absolute atomic E-state index is 0.0664. The van der Waals surface area contributed by atoms with E-state index in [0.717, 1.165) is 25.1 Å². The highest BCUT2D eigenvalue weighted by atomic mass is 32.2. The Hall–Kier alpha value is 0.180. The lowest BCUT2D eigenvalue weighted by atomic mass is 10.3. The second-order valence-corrected chi connectivity index (χ2v) is 7.33. The summed E-state index contributed by atoms with van der Waals surface area (Å²) in [5.74, 6) is 0.830. The summed E-state index contributed by atoms with van der Waals surface area (Å²) in [6.45, 7) is 3.39. The molecular formula is C11H27N3O2S2. The Labute approximate surface area is 116 Å². The maximum absolute atomic E-state index is 12.3. The molecule has 0 aliphatic carbocycles. The normalized spacial score (nSPS) is 14.4. The third kappa shape index (κ3) is 5.44. The van der Waals surface area contributed by atoms with Crippen molar-refractivity contribution >= 4 is 22.0 Å². The van der Waals surface area contributed by atoms with Crippen molar-refractivity contribution in [3.8, 4) is 0 Å². The molecule has 0 heterocycles. The fraction of sp³-hybridized carbons (Fsp3) is 1.00. The standard InChI is InChI=1S/C11H27N3O2S2/c1-6-11(10-17-5)14(4)18(15,16)13(3)9-7-8-12-2/h11-12H,6-10H2,1-5H3. The molecule has 0 amide bonds. The Bertz CT molecular complexity index is 309. The van der Waals surface area contributed by atoms with Gasteiger partial charge in [-0.15, -0.1) is 0 Å². The van der Waals surface area contributed by atoms with Crippen molar-refractivity contribution in [2.24, 2.45) is 0 Å². The van der Waals surface area contributed by atoms with Crippen LogP contribution in [0.2, 0.25) is 0 Å². The Balaban J connectivity index is 4.58. The summed E-state index contributed by atoms with van der Waals surface area (Å²) in [5, 5.41) is 3.02. The zero-order valence-electron chi connectivity index (χ0n) is 12.1. The Morgan fingerprint density at radius 2 is 1.94 bits per heavy atom. The predicted octanol–water partition coefficient (Wildman–Crippen LogP) is 0.846. The molecular weight excluding hydrogens is 270 g/mol. The van der Waals surface area contributed by atoms with Crippen molar-refractivity contribution in [1.29, 1.82) is 0 Å². The Morgan fingerprint density at radius 1 is 1.33 bits per heavy atom. The molecule has 0 aromatic carbocycles. The molecule has 0 aromatic rings. The summed E-state index contributed by atoms with van der Waals surface area (Å²) in [6.07, 6.45) is 3.65. The average Bonchev–Trinajstić information content (AvgIpc) is 2.35. The highest BCUT2D eigenvalue weighted by molar-refractivity contribution is 7.98. The molecule has 0 fully saturated rings. The van der Waals surface area contributed by atoms with E-state index in [1.165, 1.54) is 8.61 Å². The van der Waals surface area contributed by atoms with Gasteiger partial charge in [-0.25, -0.2) is 0 Å². The van der Waals surface area contributed by atoms with Gasteiger partial charge in [0.15, 0.2) is 0 Å². The maximum atomic E-state index is 12.3. The van der Waals surface area contributed by atoms with Crippen LogP contribution in [-0.2, 0) is 10.2 Å². The van der Waals surface area contributed by atoms with Crippen molar-refractivity contribution in [2.45, 2.75) is 25.8 Å². The fourth-order valence-corrected chi connectivity index (χ4v) is 4.01. The van der Waals surface area contributed by atoms with Gasteiger partial charge < -0.3 is 5.32 Å². The molecule has 18 heavy (non-hydrogen) atoms. The molecule has 0 rings (SSSR count). The zero-order valence-corrected chi connectivity index (χ0v) is 13.8. The predicted molar refractivity (Wildman–Crippen MR) is 80.3 cm³/mol. The Kier molecular flexibility index (Phi) is 9.23. The number of hydrogen-bond donors (Lipinski definition) is 1. The van der Waals surface area contributed by atoms with Gasteiger partial charge in [-0.05, 0) is 32.7 Å². The van der Waals surface area contributed by atoms with E-state index in [1.54, 1.807) is 25.9 Å². The van der Waals surface area contributed by atoms with Gasteiger partial charge >= 0.3 is 0 Å². The van der Waals surface area contributed by atoms with Crippen molar-refractivity contribution in [3.63, 3.8) is 0 Å². The Morgan fingerprint density at radius 3 is 2.39 bits per heavy atom. The first-order chi connectivity index (χ1) is 8.41. The van der Waals surface area contributed by atoms with Gasteiger partial charge in [0.05, 0.1) is 0 Å². The molecule has 0 radical (unpaired) electrons. The van der Waals surface area contributed by atoms with E-state index in [-0.39, 0.29) is 6.04 Å². The lowest BCUT2D eigenvalue weighted by molar-refractivity contribution is 0.340. The van der Waals surface area contributed by atoms with Crippen LogP contribution >= 0.6 is 11.8 Å². The van der Waals surface area contributed by atoms with Crippen LogP contribution < -0.4 is 5.32 Å². The number of nitrogens with zero attached hydrogens (tertiary/aromatic N) is 2. The number of hydrogen-bond acceptors (Lipinski definition) is 4. The van der Waals surface area contributed by atoms with E-state index in [0.29, 0.717) is 6.54 Å². The molecule has 0 aliphatic heterocycles. The lowest BCUT2D eigenvalue weighted by Crippen LogP contribution is -2.46. The lowest BCUT2D eigenvalue weighted by Gasteiger charge is -2.30. The summed E-state index contributed by atoms with van der Waals surface area (Å²) in [6, 6.07) is 0.0664. The molecule has 1 unspecified atom stereocenters. The minimum Gasteiger partial charge on any atom is -0.320 e. The maximum Gasteiger partial charge on any atom is 0.281 e. The highest BCUT2D eigenvalue weighted by Gasteiger charge is 2.28. The number of rotatable bonds is 10. The van der Waals surface area contributed by atoms with Crippen molar-refractivity contribution < 1.29 is 8.42 Å². The van der Waals surface area contributed by atoms with Crippen molar-refractivity contribution in [2.75, 3.05) is 46.2 Å². The van der Waals surface area contributed by atoms with Crippen molar-refractivity contribution in [1.82, 2.24) is 13.9 Å². The van der Waals surface area contributed by atoms with E-state index in [1.807, 2.05) is 20.2 Å². The van der Waals surface area contributed by atoms with Crippen LogP contribution in [0.25, 0.3) is 0 Å². The van der Waals surface area contributed by atoms with E-state index < -0.39 is 10.2 Å². The van der Waals surface area contributed by atoms with Crippen LogP contribution in [0.3, 0.4) is 0 Å². The zero-order chi connectivity index (χ0) is 14.2. The molecule has 0 aromatic heterocycles. The smallest absolute Gasteiger partial charge is 0.281 e. The van der Waals surface area contributed by atoms with E-state index >= 15 is 0 Å². The topological polar surface area (TPSA) is 52.7 Å². The first kappa shape index (κ1) is 18.2. The highest BCUT2D eigenvalue weighted by Crippen LogP contribution is 2.14. The fourth-order valence-electron chi connectivity index (χ4n) is 1.67. The third-order valence-corrected chi connectivity index (χ3v) is 5.72. The van der Waals surface area contributed by atoms with Gasteiger partial charge in [0.1, 0.15) is 0 Å². The van der Waals surface area contributed by atoms with Gasteiger partial charge in [0.2, 0.25) is 0 Å². The van der Waals surface area contributed by atoms with Crippen LogP contribution in [0, 0.1) is 0 Å². The average molecular weight is 297 g/mol. The minimum atomic E-state index is -3.33. The van der Waals surface area contributed by atoms with E-state index in [4.69, 9.17) is 0 Å². The number of nitrogens with one attached hydrogen (secondary N) is 1. The second-order valence-electron chi connectivity index (χ2n) is 4.32. The SMILES string of the molecule is CCC(CSC)N(C)S(=O)(=O)N(C)CCCNC. The summed E-state index contributed by atoms with van der Waals surface area (Å²) >= 11 is 1.68. The van der Waals surface area contributed by atoms with Crippen molar-refractivity contribution in [3.05, 3.63) is 0 Å². The van der Waals surface area contributed by atoms with Crippen LogP contribution in [0.1, 0.15) is 19.8 Å². The van der Waals surface area contributed by atoms with E-state index in [9.17, 15) is 8.42 Å². The van der Waals surface area contributed by atoms with Crippen LogP contribution in [0.5, 0.6) is 0 Å². The van der Waals surface area contributed by atoms with Crippen LogP contribution in [-0.4, -0.2) is 69.3 Å². The van der Waals surface area contributed by atoms with Crippen LogP contribution in [0.15, 0.2) is 0 Å². The molecule has 0 saturated heterocycles. The third-order valence-electron chi connectivity index (χ3n) is 3.00. The van der Waals surface area contributed by atoms with Gasteiger partial charge in [-0.3, -0.25) is 0 Å². The van der Waals surface area contributed by atoms with Gasteiger partial charge in [-0.2, -0.15) is 28.8 Å². The first-order valence-corrected chi connectivity index (χ1v) is 9.03. The molecule has 0 spiro atoms. The largest absolute Gasteiger partial charge is 0.320 e. The number of thioether (sulfide) groups is 1. The van der Waals surface area contributed by atoms with E-state index in [2.05, 4.69) is 5.32 Å². The van der Waals surface area contributed by atoms with Gasteiger partial charge in [-0.1, -0.05) is 6.92 Å². The molecule has 1 N–H and O–H groups in total. The summed E-state index contributed by atoms with van der Waals surface area (Å²) in [5.41, 5.74) is 0. The monoisotopic (exact) mass is 297 g/mol. The molecule has 1 atom stereocenters. The summed E-state index contributed by atoms with van der Waals surface area (Å²) in [4.78, 5) is 0. The molecule has 7 heteroatoms. The van der Waals surface area contributed by atoms with Gasteiger partial charge in [0, 0.05) is 32.4 Å². The summed E-state index contributed by atoms with van der Waals surface area (Å²) in [7, 11) is 1.86. The quantitative estimate of drug-likeness (QED) is 0.607. The second kappa shape index (κ2) is 9.14. The van der Waals surface area contributed by atoms with Crippen LogP contribution in [0.4, 0.5) is 0 Å². The molecule has 0 saturated carbocycles. The molecule has 110 valence electrons. The first-order valence-electron chi connectivity index (χ1n) is 6.24. The molecule has 0 aliphatic rings. The van der Waals surface area contributed by atoms with Gasteiger partial charge in [0.25, 0.3) is 10.2 Å². The molecule has 0 bridgehead atoms. The molecule has 5 nitrogen and oxygen atoms in total. The summed E-state index contributed by atoms with van der Waals surface area (Å²) < 4.78 is 27.6.